The summed E-state index contributed by atoms with van der Waals surface area (Å²) < 4.78 is 0. The van der Waals surface area contributed by atoms with Crippen LogP contribution in [-0.2, 0) is 0 Å². The molecule has 0 saturated carbocycles. The topological polar surface area (TPSA) is 18.8 Å². The lowest BCUT2D eigenvalue weighted by Gasteiger charge is -2.34. The summed E-state index contributed by atoms with van der Waals surface area (Å²) in [6.45, 7) is 8.18. The van der Waals surface area contributed by atoms with Crippen molar-refractivity contribution in [2.75, 3.05) is 31.1 Å². The van der Waals surface area contributed by atoms with Gasteiger partial charge in [-0.1, -0.05) is 54.1 Å². The largest absolute Gasteiger partial charge is 0.368 e. The Hall–Kier alpha value is -2.55. The van der Waals surface area contributed by atoms with Crippen LogP contribution < -0.4 is 4.90 Å². The zero-order chi connectivity index (χ0) is 16.8. The molecule has 3 heteroatoms. The van der Waals surface area contributed by atoms with E-state index in [0.717, 1.165) is 26.2 Å². The minimum atomic E-state index is 0.961. The summed E-state index contributed by atoms with van der Waals surface area (Å²) >= 11 is 0. The van der Waals surface area contributed by atoms with Crippen molar-refractivity contribution >= 4 is 18.0 Å². The Bertz CT molecular complexity index is 694. The standard InChI is InChI=1S/C21H25N3/c1-18-8-10-21(11-9-18)23-12-14-24(15-13-23)22-17-19(2)16-20-6-4-3-5-7-20/h3-11,16-17H,12-15H2,1-2H3/b19-16+,22-17?. The lowest BCUT2D eigenvalue weighted by atomic mass is 10.1. The van der Waals surface area contributed by atoms with Crippen molar-refractivity contribution < 1.29 is 0 Å². The fourth-order valence-electron chi connectivity index (χ4n) is 2.85. The number of nitrogens with zero attached hydrogens (tertiary/aromatic N) is 3. The van der Waals surface area contributed by atoms with Gasteiger partial charge in [0.15, 0.2) is 0 Å². The van der Waals surface area contributed by atoms with Crippen LogP contribution in [0.3, 0.4) is 0 Å². The predicted octanol–water partition coefficient (Wildman–Crippen LogP) is 4.21. The number of hydrogen-bond acceptors (Lipinski definition) is 3. The lowest BCUT2D eigenvalue weighted by molar-refractivity contribution is 0.272. The number of hydrazone groups is 1. The molecule has 0 unspecified atom stereocenters. The monoisotopic (exact) mass is 319 g/mol. The van der Waals surface area contributed by atoms with Gasteiger partial charge in [-0.05, 0) is 37.1 Å². The molecule has 0 spiro atoms. The Labute approximate surface area is 144 Å². The van der Waals surface area contributed by atoms with Gasteiger partial charge in [-0.25, -0.2) is 0 Å². The Morgan fingerprint density at radius 1 is 0.917 bits per heavy atom. The maximum absolute atomic E-state index is 4.63. The maximum Gasteiger partial charge on any atom is 0.0536 e. The van der Waals surface area contributed by atoms with Crippen LogP contribution in [0.4, 0.5) is 5.69 Å². The van der Waals surface area contributed by atoms with E-state index in [1.165, 1.54) is 22.4 Å². The predicted molar refractivity (Wildman–Crippen MR) is 104 cm³/mol. The molecule has 0 aliphatic carbocycles. The zero-order valence-corrected chi connectivity index (χ0v) is 14.5. The summed E-state index contributed by atoms with van der Waals surface area (Å²) in [7, 11) is 0. The highest BCUT2D eigenvalue weighted by molar-refractivity contribution is 5.84. The highest BCUT2D eigenvalue weighted by atomic mass is 15.5. The third-order valence-electron chi connectivity index (χ3n) is 4.27. The van der Waals surface area contributed by atoms with Crippen LogP contribution >= 0.6 is 0 Å². The smallest absolute Gasteiger partial charge is 0.0536 e. The molecule has 1 aliphatic heterocycles. The van der Waals surface area contributed by atoms with Gasteiger partial charge in [0.1, 0.15) is 0 Å². The first kappa shape index (κ1) is 16.3. The molecule has 0 bridgehead atoms. The third kappa shape index (κ3) is 4.48. The van der Waals surface area contributed by atoms with Gasteiger partial charge in [-0.3, -0.25) is 5.01 Å². The molecule has 2 aromatic carbocycles. The van der Waals surface area contributed by atoms with Gasteiger partial charge >= 0.3 is 0 Å². The van der Waals surface area contributed by atoms with Gasteiger partial charge in [-0.2, -0.15) is 5.10 Å². The fourth-order valence-corrected chi connectivity index (χ4v) is 2.85. The molecule has 1 fully saturated rings. The number of aryl methyl sites for hydroxylation is 1. The molecule has 1 heterocycles. The molecule has 1 saturated heterocycles. The normalized spacial score (nSPS) is 16.0. The summed E-state index contributed by atoms with van der Waals surface area (Å²) in [6.07, 6.45) is 4.13. The first-order chi connectivity index (χ1) is 11.7. The number of anilines is 1. The quantitative estimate of drug-likeness (QED) is 0.786. The van der Waals surface area contributed by atoms with Crippen LogP contribution in [0.2, 0.25) is 0 Å². The highest BCUT2D eigenvalue weighted by Gasteiger charge is 2.15. The van der Waals surface area contributed by atoms with Crippen molar-refractivity contribution in [2.45, 2.75) is 13.8 Å². The van der Waals surface area contributed by atoms with E-state index in [0.29, 0.717) is 0 Å². The van der Waals surface area contributed by atoms with Crippen LogP contribution in [-0.4, -0.2) is 37.4 Å². The number of rotatable bonds is 4. The first-order valence-corrected chi connectivity index (χ1v) is 8.54. The number of hydrogen-bond donors (Lipinski definition) is 0. The molecule has 0 N–H and O–H groups in total. The van der Waals surface area contributed by atoms with E-state index in [2.05, 4.69) is 83.5 Å². The lowest BCUT2D eigenvalue weighted by Crippen LogP contribution is -2.44. The van der Waals surface area contributed by atoms with E-state index in [9.17, 15) is 0 Å². The maximum atomic E-state index is 4.63. The van der Waals surface area contributed by atoms with Gasteiger partial charge in [0.2, 0.25) is 0 Å². The van der Waals surface area contributed by atoms with Crippen LogP contribution in [0, 0.1) is 6.92 Å². The van der Waals surface area contributed by atoms with Crippen molar-refractivity contribution in [1.29, 1.82) is 0 Å². The number of allylic oxidation sites excluding steroid dienone is 1. The summed E-state index contributed by atoms with van der Waals surface area (Å²) in [6, 6.07) is 19.1. The SMILES string of the molecule is C/C(C=NN1CCN(c2ccc(C)cc2)CC1)=C\c1ccccc1. The highest BCUT2D eigenvalue weighted by Crippen LogP contribution is 2.17. The third-order valence-corrected chi connectivity index (χ3v) is 4.27. The Morgan fingerprint density at radius 2 is 1.58 bits per heavy atom. The minimum Gasteiger partial charge on any atom is -0.368 e. The Kier molecular flexibility index (Phi) is 5.32. The summed E-state index contributed by atoms with van der Waals surface area (Å²) in [5, 5.41) is 6.79. The molecule has 0 amide bonds. The minimum absolute atomic E-state index is 0.961. The van der Waals surface area contributed by atoms with E-state index in [1.807, 2.05) is 12.3 Å². The van der Waals surface area contributed by atoms with Crippen molar-refractivity contribution in [3.63, 3.8) is 0 Å². The molecular weight excluding hydrogens is 294 g/mol. The fraction of sp³-hybridized carbons (Fsp3) is 0.286. The Balaban J connectivity index is 1.53. The van der Waals surface area contributed by atoms with Crippen LogP contribution in [0.5, 0.6) is 0 Å². The molecule has 3 nitrogen and oxygen atoms in total. The number of benzene rings is 2. The second-order valence-corrected chi connectivity index (χ2v) is 6.32. The van der Waals surface area contributed by atoms with Gasteiger partial charge < -0.3 is 4.90 Å². The zero-order valence-electron chi connectivity index (χ0n) is 14.5. The summed E-state index contributed by atoms with van der Waals surface area (Å²) in [5.41, 5.74) is 5.00. The Morgan fingerprint density at radius 3 is 2.25 bits per heavy atom. The average Bonchev–Trinajstić information content (AvgIpc) is 2.62. The van der Waals surface area contributed by atoms with Crippen molar-refractivity contribution in [2.24, 2.45) is 5.10 Å². The van der Waals surface area contributed by atoms with E-state index >= 15 is 0 Å². The average molecular weight is 319 g/mol. The molecule has 3 rings (SSSR count). The summed E-state index contributed by atoms with van der Waals surface area (Å²) in [5.74, 6) is 0. The second-order valence-electron chi connectivity index (χ2n) is 6.32. The molecule has 24 heavy (non-hydrogen) atoms. The molecule has 0 atom stereocenters. The summed E-state index contributed by atoms with van der Waals surface area (Å²) in [4.78, 5) is 2.43. The van der Waals surface area contributed by atoms with Crippen molar-refractivity contribution in [1.82, 2.24) is 5.01 Å². The second kappa shape index (κ2) is 7.82. The van der Waals surface area contributed by atoms with Gasteiger partial charge in [0, 0.05) is 25.0 Å². The van der Waals surface area contributed by atoms with E-state index in [1.54, 1.807) is 0 Å². The number of piperazine rings is 1. The molecule has 1 aliphatic rings. The van der Waals surface area contributed by atoms with E-state index < -0.39 is 0 Å². The first-order valence-electron chi connectivity index (χ1n) is 8.54. The van der Waals surface area contributed by atoms with Crippen LogP contribution in [0.15, 0.2) is 65.3 Å². The van der Waals surface area contributed by atoms with Gasteiger partial charge in [0.05, 0.1) is 13.1 Å². The van der Waals surface area contributed by atoms with Crippen LogP contribution in [0.25, 0.3) is 6.08 Å². The van der Waals surface area contributed by atoms with E-state index in [-0.39, 0.29) is 0 Å². The van der Waals surface area contributed by atoms with Crippen molar-refractivity contribution in [3.8, 4) is 0 Å². The van der Waals surface area contributed by atoms with Gasteiger partial charge in [0.25, 0.3) is 0 Å². The molecule has 2 aromatic rings. The molecule has 0 aromatic heterocycles. The van der Waals surface area contributed by atoms with Crippen molar-refractivity contribution in [3.05, 3.63) is 71.3 Å². The molecule has 124 valence electrons. The van der Waals surface area contributed by atoms with Crippen LogP contribution in [0.1, 0.15) is 18.1 Å². The van der Waals surface area contributed by atoms with Gasteiger partial charge in [-0.15, -0.1) is 0 Å². The molecule has 0 radical (unpaired) electrons. The van der Waals surface area contributed by atoms with E-state index in [4.69, 9.17) is 0 Å². The molecular formula is C21H25N3.